The van der Waals surface area contributed by atoms with Gasteiger partial charge in [-0.25, -0.2) is 4.79 Å². The molecule has 1 saturated carbocycles. The molecule has 0 spiro atoms. The number of esters is 1. The molecule has 1 heterocycles. The summed E-state index contributed by atoms with van der Waals surface area (Å²) in [5, 5.41) is 19.9. The molecular formula is C30H39F3O8. The fourth-order valence-corrected chi connectivity index (χ4v) is 7.38. The van der Waals surface area contributed by atoms with E-state index in [4.69, 9.17) is 14.2 Å². The standard InChI is InChI=1S/C30H39F3O8/c1-8-27(5)21(40-24(38)29(39-7,30(31,32)33)18-12-10-9-11-13-18)16-20-26(4,17-22(34)35)19(25(2,3)23(36)37)14-15-28(20,6)41-27/h8-13,19-21H,1,14-17H2,2-7H3,(H,34,35)(H,36,37)/t19-,20+,21-,26-,27+,28+,29-/m1/s1. The highest BCUT2D eigenvalue weighted by Crippen LogP contribution is 2.63. The maximum absolute atomic E-state index is 14.6. The average Bonchev–Trinajstić information content (AvgIpc) is 2.85. The first-order valence-electron chi connectivity index (χ1n) is 13.4. The van der Waals surface area contributed by atoms with Crippen molar-refractivity contribution in [1.29, 1.82) is 0 Å². The number of fused-ring (bicyclic) bond motifs is 1. The van der Waals surface area contributed by atoms with Crippen molar-refractivity contribution < 1.29 is 52.0 Å². The number of carboxylic acid groups (broad SMARTS) is 2. The van der Waals surface area contributed by atoms with Gasteiger partial charge in [-0.1, -0.05) is 43.3 Å². The van der Waals surface area contributed by atoms with Crippen molar-refractivity contribution in [2.45, 2.75) is 89.4 Å². The highest BCUT2D eigenvalue weighted by molar-refractivity contribution is 5.83. The Bertz CT molecular complexity index is 1180. The van der Waals surface area contributed by atoms with E-state index in [-0.39, 0.29) is 6.42 Å². The number of rotatable bonds is 9. The summed E-state index contributed by atoms with van der Waals surface area (Å²) < 4.78 is 60.8. The van der Waals surface area contributed by atoms with Crippen LogP contribution in [0.25, 0.3) is 0 Å². The maximum Gasteiger partial charge on any atom is 0.432 e. The molecule has 3 rings (SSSR count). The van der Waals surface area contributed by atoms with Crippen LogP contribution in [0.3, 0.4) is 0 Å². The zero-order valence-electron chi connectivity index (χ0n) is 24.2. The van der Waals surface area contributed by atoms with Crippen molar-refractivity contribution in [1.82, 2.24) is 0 Å². The lowest BCUT2D eigenvalue weighted by Crippen LogP contribution is -2.67. The van der Waals surface area contributed by atoms with E-state index in [9.17, 15) is 37.8 Å². The number of hydrogen-bond acceptors (Lipinski definition) is 6. The lowest BCUT2D eigenvalue weighted by atomic mass is 9.47. The Hall–Kier alpha value is -2.92. The molecule has 11 heteroatoms. The molecule has 0 aromatic heterocycles. The van der Waals surface area contributed by atoms with Gasteiger partial charge in [0.2, 0.25) is 0 Å². The normalized spacial score (nSPS) is 33.6. The van der Waals surface area contributed by atoms with Gasteiger partial charge in [-0.3, -0.25) is 9.59 Å². The van der Waals surface area contributed by atoms with E-state index in [0.29, 0.717) is 12.8 Å². The van der Waals surface area contributed by atoms with Crippen LogP contribution in [-0.2, 0) is 34.2 Å². The second-order valence-electron chi connectivity index (χ2n) is 12.4. The third kappa shape index (κ3) is 5.27. The summed E-state index contributed by atoms with van der Waals surface area (Å²) in [7, 11) is 0.770. The van der Waals surface area contributed by atoms with Gasteiger partial charge in [0.05, 0.1) is 17.4 Å². The summed E-state index contributed by atoms with van der Waals surface area (Å²) in [5.74, 6) is -5.30. The van der Waals surface area contributed by atoms with Crippen molar-refractivity contribution in [3.05, 3.63) is 48.6 Å². The van der Waals surface area contributed by atoms with Crippen LogP contribution in [0.1, 0.15) is 65.9 Å². The Morgan fingerprint density at radius 3 is 2.17 bits per heavy atom. The predicted octanol–water partition coefficient (Wildman–Crippen LogP) is 5.74. The molecule has 2 fully saturated rings. The van der Waals surface area contributed by atoms with E-state index in [1.54, 1.807) is 20.8 Å². The first-order chi connectivity index (χ1) is 18.7. The lowest BCUT2D eigenvalue weighted by Gasteiger charge is -2.63. The number of alkyl halides is 3. The SMILES string of the molecule is C=C[C@]1(C)O[C@@]2(C)CC[C@H](C(C)(C)C(=O)O)[C@@](C)(CC(=O)O)[C@@H]2C[C@H]1OC(=O)[C@](OC)(c1ccccc1)C(F)(F)F. The first-order valence-corrected chi connectivity index (χ1v) is 13.4. The number of ether oxygens (including phenoxy) is 3. The number of aliphatic carboxylic acids is 2. The molecule has 0 bridgehead atoms. The molecule has 1 aromatic carbocycles. The Labute approximate surface area is 237 Å². The van der Waals surface area contributed by atoms with Crippen LogP contribution in [0, 0.1) is 22.7 Å². The zero-order chi connectivity index (χ0) is 31.2. The summed E-state index contributed by atoms with van der Waals surface area (Å²) >= 11 is 0. The average molecular weight is 585 g/mol. The van der Waals surface area contributed by atoms with Gasteiger partial charge < -0.3 is 24.4 Å². The maximum atomic E-state index is 14.6. The van der Waals surface area contributed by atoms with Crippen LogP contribution in [0.15, 0.2) is 43.0 Å². The third-order valence-electron chi connectivity index (χ3n) is 9.58. The van der Waals surface area contributed by atoms with Gasteiger partial charge in [0.15, 0.2) is 0 Å². The summed E-state index contributed by atoms with van der Waals surface area (Å²) in [6, 6.07) is 6.41. The van der Waals surface area contributed by atoms with Crippen LogP contribution in [0.5, 0.6) is 0 Å². The van der Waals surface area contributed by atoms with Crippen LogP contribution in [0.4, 0.5) is 13.2 Å². The number of methoxy groups -OCH3 is 1. The van der Waals surface area contributed by atoms with Crippen LogP contribution >= 0.6 is 0 Å². The van der Waals surface area contributed by atoms with Gasteiger partial charge in [-0.2, -0.15) is 13.2 Å². The molecule has 228 valence electrons. The second-order valence-corrected chi connectivity index (χ2v) is 12.4. The monoisotopic (exact) mass is 584 g/mol. The van der Waals surface area contributed by atoms with Gasteiger partial charge in [-0.05, 0) is 64.2 Å². The van der Waals surface area contributed by atoms with Crippen molar-refractivity contribution in [3.63, 3.8) is 0 Å². The highest BCUT2D eigenvalue weighted by Gasteiger charge is 2.67. The number of carbonyl (C=O) groups is 3. The minimum Gasteiger partial charge on any atom is -0.481 e. The largest absolute Gasteiger partial charge is 0.481 e. The molecule has 41 heavy (non-hydrogen) atoms. The fourth-order valence-electron chi connectivity index (χ4n) is 7.38. The molecule has 1 aromatic rings. The Morgan fingerprint density at radius 2 is 1.71 bits per heavy atom. The topological polar surface area (TPSA) is 119 Å². The number of benzene rings is 1. The Morgan fingerprint density at radius 1 is 1.12 bits per heavy atom. The molecule has 1 saturated heterocycles. The van der Waals surface area contributed by atoms with Crippen LogP contribution < -0.4 is 0 Å². The van der Waals surface area contributed by atoms with E-state index in [1.807, 2.05) is 0 Å². The van der Waals surface area contributed by atoms with Crippen LogP contribution in [-0.4, -0.2) is 58.7 Å². The summed E-state index contributed by atoms with van der Waals surface area (Å²) in [6.45, 7) is 11.9. The van der Waals surface area contributed by atoms with E-state index < -0.39 is 81.6 Å². The number of hydrogen-bond donors (Lipinski definition) is 2. The molecule has 0 amide bonds. The number of halogens is 3. The lowest BCUT2D eigenvalue weighted by molar-refractivity contribution is -0.300. The van der Waals surface area contributed by atoms with E-state index >= 15 is 0 Å². The minimum absolute atomic E-state index is 0.0901. The predicted molar refractivity (Wildman–Crippen MR) is 142 cm³/mol. The fraction of sp³-hybridized carbons (Fsp3) is 0.633. The van der Waals surface area contributed by atoms with E-state index in [1.165, 1.54) is 38.1 Å². The molecule has 1 aliphatic carbocycles. The summed E-state index contributed by atoms with van der Waals surface area (Å²) in [5.41, 5.74) is -8.88. The van der Waals surface area contributed by atoms with Gasteiger partial charge >= 0.3 is 24.1 Å². The quantitative estimate of drug-likeness (QED) is 0.279. The number of carboxylic acids is 2. The van der Waals surface area contributed by atoms with Crippen molar-refractivity contribution >= 4 is 17.9 Å². The first kappa shape index (κ1) is 32.6. The minimum atomic E-state index is -5.20. The van der Waals surface area contributed by atoms with Gasteiger partial charge in [0, 0.05) is 12.7 Å². The van der Waals surface area contributed by atoms with E-state index in [2.05, 4.69) is 6.58 Å². The number of carbonyl (C=O) groups excluding carboxylic acids is 1. The van der Waals surface area contributed by atoms with E-state index in [0.717, 1.165) is 19.2 Å². The highest BCUT2D eigenvalue weighted by atomic mass is 19.4. The van der Waals surface area contributed by atoms with Gasteiger partial charge in [0.25, 0.3) is 5.60 Å². The summed E-state index contributed by atoms with van der Waals surface area (Å²) in [4.78, 5) is 38.0. The molecule has 1 aliphatic heterocycles. The van der Waals surface area contributed by atoms with Gasteiger partial charge in [-0.15, -0.1) is 6.58 Å². The third-order valence-corrected chi connectivity index (χ3v) is 9.58. The van der Waals surface area contributed by atoms with Crippen molar-refractivity contribution in [3.8, 4) is 0 Å². The molecule has 8 nitrogen and oxygen atoms in total. The molecule has 0 unspecified atom stereocenters. The molecule has 2 aliphatic rings. The second kappa shape index (κ2) is 10.7. The Kier molecular flexibility index (Phi) is 8.53. The smallest absolute Gasteiger partial charge is 0.432 e. The molecule has 2 N–H and O–H groups in total. The zero-order valence-corrected chi connectivity index (χ0v) is 24.2. The van der Waals surface area contributed by atoms with Crippen molar-refractivity contribution in [2.75, 3.05) is 7.11 Å². The molecular weight excluding hydrogens is 545 g/mol. The van der Waals surface area contributed by atoms with Crippen LogP contribution in [0.2, 0.25) is 0 Å². The molecule has 0 radical (unpaired) electrons. The molecule has 7 atom stereocenters. The Balaban J connectivity index is 2.13. The van der Waals surface area contributed by atoms with Gasteiger partial charge in [0.1, 0.15) is 11.7 Å². The van der Waals surface area contributed by atoms with Crippen molar-refractivity contribution in [2.24, 2.45) is 22.7 Å². The summed E-state index contributed by atoms with van der Waals surface area (Å²) in [6.07, 6.45) is -4.99.